The van der Waals surface area contributed by atoms with Gasteiger partial charge in [0.2, 0.25) is 11.8 Å². The molecular formula is C13H26N4O2. The summed E-state index contributed by atoms with van der Waals surface area (Å²) in [5.74, 6) is 0.0665. The van der Waals surface area contributed by atoms with Gasteiger partial charge in [-0.15, -0.1) is 0 Å². The predicted molar refractivity (Wildman–Crippen MR) is 74.3 cm³/mol. The van der Waals surface area contributed by atoms with Gasteiger partial charge in [0.1, 0.15) is 0 Å². The molecule has 0 aromatic heterocycles. The maximum absolute atomic E-state index is 11.8. The first-order valence-electron chi connectivity index (χ1n) is 7.05. The van der Waals surface area contributed by atoms with Crippen LogP contribution in [-0.4, -0.2) is 48.9 Å². The number of rotatable bonds is 7. The van der Waals surface area contributed by atoms with Crippen LogP contribution in [-0.2, 0) is 9.59 Å². The number of carbonyl (C=O) groups is 2. The van der Waals surface area contributed by atoms with E-state index in [4.69, 9.17) is 11.5 Å². The Morgan fingerprint density at radius 2 is 2.00 bits per heavy atom. The highest BCUT2D eigenvalue weighted by atomic mass is 16.2. The molecule has 2 amide bonds. The molecule has 1 fully saturated rings. The molecule has 0 aromatic carbocycles. The number of hydrogen-bond donors (Lipinski definition) is 3. The van der Waals surface area contributed by atoms with Gasteiger partial charge in [-0.1, -0.05) is 13.3 Å². The Bertz CT molecular complexity index is 297. The Morgan fingerprint density at radius 1 is 1.37 bits per heavy atom. The summed E-state index contributed by atoms with van der Waals surface area (Å²) in [5, 5.41) is 3.05. The zero-order chi connectivity index (χ0) is 14.3. The van der Waals surface area contributed by atoms with Crippen LogP contribution in [0.2, 0.25) is 0 Å². The van der Waals surface area contributed by atoms with Crippen LogP contribution in [0.25, 0.3) is 0 Å². The maximum atomic E-state index is 11.8. The van der Waals surface area contributed by atoms with E-state index < -0.39 is 0 Å². The fraction of sp³-hybridized carbons (Fsp3) is 0.846. The van der Waals surface area contributed by atoms with Crippen molar-refractivity contribution in [3.8, 4) is 0 Å². The van der Waals surface area contributed by atoms with Gasteiger partial charge in [0.05, 0.1) is 6.54 Å². The van der Waals surface area contributed by atoms with Gasteiger partial charge < -0.3 is 16.8 Å². The lowest BCUT2D eigenvalue weighted by molar-refractivity contribution is -0.123. The molecule has 1 heterocycles. The molecule has 0 radical (unpaired) electrons. The van der Waals surface area contributed by atoms with E-state index in [1.54, 1.807) is 0 Å². The molecule has 0 saturated carbocycles. The molecule has 0 bridgehead atoms. The third kappa shape index (κ3) is 6.02. The van der Waals surface area contributed by atoms with Gasteiger partial charge in [0.15, 0.2) is 0 Å². The van der Waals surface area contributed by atoms with Gasteiger partial charge in [0, 0.05) is 25.6 Å². The summed E-state index contributed by atoms with van der Waals surface area (Å²) in [6.07, 6.45) is 3.19. The minimum atomic E-state index is -0.295. The highest BCUT2D eigenvalue weighted by Crippen LogP contribution is 2.11. The monoisotopic (exact) mass is 270 g/mol. The molecule has 110 valence electrons. The normalized spacial score (nSPS) is 19.1. The smallest absolute Gasteiger partial charge is 0.231 e. The van der Waals surface area contributed by atoms with Crippen LogP contribution in [0.5, 0.6) is 0 Å². The van der Waals surface area contributed by atoms with Crippen LogP contribution >= 0.6 is 0 Å². The highest BCUT2D eigenvalue weighted by molar-refractivity contribution is 5.76. The summed E-state index contributed by atoms with van der Waals surface area (Å²) in [4.78, 5) is 24.7. The van der Waals surface area contributed by atoms with Crippen molar-refractivity contribution < 1.29 is 9.59 Å². The third-order valence-corrected chi connectivity index (χ3v) is 3.72. The van der Waals surface area contributed by atoms with E-state index in [-0.39, 0.29) is 23.8 Å². The van der Waals surface area contributed by atoms with E-state index in [0.29, 0.717) is 19.5 Å². The van der Waals surface area contributed by atoms with Gasteiger partial charge in [-0.2, -0.15) is 0 Å². The highest BCUT2D eigenvalue weighted by Gasteiger charge is 2.22. The van der Waals surface area contributed by atoms with Crippen molar-refractivity contribution >= 4 is 11.8 Å². The summed E-state index contributed by atoms with van der Waals surface area (Å²) in [6, 6.07) is 0.215. The van der Waals surface area contributed by atoms with Crippen molar-refractivity contribution in [3.63, 3.8) is 0 Å². The number of likely N-dealkylation sites (tertiary alicyclic amines) is 1. The van der Waals surface area contributed by atoms with Crippen molar-refractivity contribution in [1.29, 1.82) is 0 Å². The second kappa shape index (κ2) is 8.12. The fourth-order valence-electron chi connectivity index (χ4n) is 2.40. The summed E-state index contributed by atoms with van der Waals surface area (Å²) >= 11 is 0. The molecule has 6 heteroatoms. The zero-order valence-corrected chi connectivity index (χ0v) is 11.7. The zero-order valence-electron chi connectivity index (χ0n) is 11.7. The van der Waals surface area contributed by atoms with Crippen LogP contribution in [0.4, 0.5) is 0 Å². The first kappa shape index (κ1) is 15.9. The minimum Gasteiger partial charge on any atom is -0.369 e. The van der Waals surface area contributed by atoms with E-state index in [1.165, 1.54) is 0 Å². The second-order valence-electron chi connectivity index (χ2n) is 5.30. The standard InChI is InChI=1S/C13H26N4O2/c1-2-10(8-14)7-13(19)16-11-3-5-17(6-4-11)9-12(15)18/h10-11H,2-9,14H2,1H3,(H2,15,18)(H,16,19). The first-order valence-corrected chi connectivity index (χ1v) is 7.05. The summed E-state index contributed by atoms with van der Waals surface area (Å²) in [5.41, 5.74) is 10.8. The topological polar surface area (TPSA) is 101 Å². The Balaban J connectivity index is 2.25. The number of primary amides is 1. The van der Waals surface area contributed by atoms with Crippen LogP contribution < -0.4 is 16.8 Å². The van der Waals surface area contributed by atoms with Gasteiger partial charge in [-0.25, -0.2) is 0 Å². The van der Waals surface area contributed by atoms with Gasteiger partial charge in [-0.3, -0.25) is 14.5 Å². The van der Waals surface area contributed by atoms with Crippen LogP contribution in [0.3, 0.4) is 0 Å². The van der Waals surface area contributed by atoms with E-state index >= 15 is 0 Å². The number of nitrogens with zero attached hydrogens (tertiary/aromatic N) is 1. The number of nitrogens with two attached hydrogens (primary N) is 2. The quantitative estimate of drug-likeness (QED) is 0.576. The van der Waals surface area contributed by atoms with Crippen LogP contribution in [0, 0.1) is 5.92 Å². The molecule has 1 rings (SSSR count). The van der Waals surface area contributed by atoms with E-state index in [2.05, 4.69) is 5.32 Å². The lowest BCUT2D eigenvalue weighted by atomic mass is 10.0. The average molecular weight is 270 g/mol. The maximum Gasteiger partial charge on any atom is 0.231 e. The van der Waals surface area contributed by atoms with Gasteiger partial charge in [0.25, 0.3) is 0 Å². The lowest BCUT2D eigenvalue weighted by Crippen LogP contribution is -2.47. The molecule has 1 aliphatic heterocycles. The van der Waals surface area contributed by atoms with E-state index in [0.717, 1.165) is 32.4 Å². The van der Waals surface area contributed by atoms with Crippen LogP contribution in [0.15, 0.2) is 0 Å². The molecule has 0 aromatic rings. The van der Waals surface area contributed by atoms with Crippen molar-refractivity contribution in [3.05, 3.63) is 0 Å². The number of amides is 2. The molecule has 0 aliphatic carbocycles. The number of piperidine rings is 1. The van der Waals surface area contributed by atoms with Crippen LogP contribution in [0.1, 0.15) is 32.6 Å². The van der Waals surface area contributed by atoms with E-state index in [1.807, 2.05) is 11.8 Å². The Morgan fingerprint density at radius 3 is 2.47 bits per heavy atom. The van der Waals surface area contributed by atoms with Crippen molar-refractivity contribution in [2.75, 3.05) is 26.2 Å². The summed E-state index contributed by atoms with van der Waals surface area (Å²) < 4.78 is 0. The molecule has 5 N–H and O–H groups in total. The Labute approximate surface area is 114 Å². The molecule has 1 saturated heterocycles. The largest absolute Gasteiger partial charge is 0.369 e. The third-order valence-electron chi connectivity index (χ3n) is 3.72. The number of nitrogens with one attached hydrogen (secondary N) is 1. The SMILES string of the molecule is CCC(CN)CC(=O)NC1CCN(CC(N)=O)CC1. The Kier molecular flexibility index (Phi) is 6.80. The average Bonchev–Trinajstić information content (AvgIpc) is 2.37. The Hall–Kier alpha value is -1.14. The fourth-order valence-corrected chi connectivity index (χ4v) is 2.40. The van der Waals surface area contributed by atoms with Gasteiger partial charge >= 0.3 is 0 Å². The number of carbonyl (C=O) groups excluding carboxylic acids is 2. The van der Waals surface area contributed by atoms with Crippen molar-refractivity contribution in [2.45, 2.75) is 38.6 Å². The summed E-state index contributed by atoms with van der Waals surface area (Å²) in [7, 11) is 0. The minimum absolute atomic E-state index is 0.0886. The molecule has 1 atom stereocenters. The molecule has 0 spiro atoms. The molecule has 1 unspecified atom stereocenters. The second-order valence-corrected chi connectivity index (χ2v) is 5.30. The lowest BCUT2D eigenvalue weighted by Gasteiger charge is -2.31. The van der Waals surface area contributed by atoms with Crippen molar-refractivity contribution in [1.82, 2.24) is 10.2 Å². The molecule has 6 nitrogen and oxygen atoms in total. The molecular weight excluding hydrogens is 244 g/mol. The first-order chi connectivity index (χ1) is 9.05. The molecule has 1 aliphatic rings. The van der Waals surface area contributed by atoms with E-state index in [9.17, 15) is 9.59 Å². The van der Waals surface area contributed by atoms with Crippen molar-refractivity contribution in [2.24, 2.45) is 17.4 Å². The number of hydrogen-bond acceptors (Lipinski definition) is 4. The predicted octanol–water partition coefficient (Wildman–Crippen LogP) is -0.573. The van der Waals surface area contributed by atoms with Gasteiger partial charge in [-0.05, 0) is 25.3 Å². The summed E-state index contributed by atoms with van der Waals surface area (Å²) in [6.45, 7) is 4.53. The molecule has 19 heavy (non-hydrogen) atoms.